The van der Waals surface area contributed by atoms with Gasteiger partial charge in [0.25, 0.3) is 0 Å². The number of anilines is 1. The molecule has 1 heterocycles. The summed E-state index contributed by atoms with van der Waals surface area (Å²) in [6.07, 6.45) is -1.03. The average Bonchev–Trinajstić information content (AvgIpc) is 2.41. The molecule has 5 heteroatoms. The summed E-state index contributed by atoms with van der Waals surface area (Å²) in [5.41, 5.74) is 0.896. The fourth-order valence-corrected chi connectivity index (χ4v) is 1.49. The maximum atomic E-state index is 10.5. The molecule has 1 aliphatic heterocycles. The first-order valence-electron chi connectivity index (χ1n) is 4.71. The Labute approximate surface area is 87.1 Å². The smallest absolute Gasteiger partial charge is 0.405 e. The van der Waals surface area contributed by atoms with E-state index in [2.05, 4.69) is 10.6 Å². The molecule has 0 aromatic heterocycles. The number of hydrogen-bond acceptors (Lipinski definition) is 3. The number of rotatable bonds is 1. The van der Waals surface area contributed by atoms with Gasteiger partial charge in [-0.05, 0) is 12.1 Å². The van der Waals surface area contributed by atoms with Crippen molar-refractivity contribution >= 4 is 11.8 Å². The van der Waals surface area contributed by atoms with Crippen LogP contribution in [0.1, 0.15) is 0 Å². The van der Waals surface area contributed by atoms with Crippen LogP contribution in [0, 0.1) is 0 Å². The van der Waals surface area contributed by atoms with Gasteiger partial charge in [0.1, 0.15) is 12.4 Å². The highest BCUT2D eigenvalue weighted by molar-refractivity contribution is 5.65. The van der Waals surface area contributed by atoms with Gasteiger partial charge in [0.15, 0.2) is 0 Å². The fourth-order valence-electron chi connectivity index (χ4n) is 1.49. The summed E-state index contributed by atoms with van der Waals surface area (Å²) < 4.78 is 5.47. The van der Waals surface area contributed by atoms with Gasteiger partial charge < -0.3 is 20.5 Å². The van der Waals surface area contributed by atoms with E-state index in [0.717, 1.165) is 11.4 Å². The van der Waals surface area contributed by atoms with Crippen LogP contribution in [0.5, 0.6) is 5.75 Å². The number of para-hydroxylation sites is 2. The molecule has 1 unspecified atom stereocenters. The van der Waals surface area contributed by atoms with Gasteiger partial charge in [0.2, 0.25) is 0 Å². The van der Waals surface area contributed by atoms with Crippen LogP contribution in [-0.2, 0) is 0 Å². The van der Waals surface area contributed by atoms with Gasteiger partial charge in [-0.25, -0.2) is 4.79 Å². The molecule has 0 bridgehead atoms. The first-order chi connectivity index (χ1) is 7.25. The predicted molar refractivity (Wildman–Crippen MR) is 55.4 cm³/mol. The molecule has 0 aliphatic carbocycles. The number of nitrogens with one attached hydrogen (secondary N) is 2. The van der Waals surface area contributed by atoms with Gasteiger partial charge in [-0.3, -0.25) is 0 Å². The normalized spacial score (nSPS) is 19.1. The maximum absolute atomic E-state index is 10.5. The Morgan fingerprint density at radius 2 is 2.33 bits per heavy atom. The fraction of sp³-hybridized carbons (Fsp3) is 0.300. The van der Waals surface area contributed by atoms with Crippen LogP contribution in [0.2, 0.25) is 0 Å². The largest absolute Gasteiger partial charge is 0.489 e. The molecule has 0 saturated carbocycles. The molecule has 0 spiro atoms. The van der Waals surface area contributed by atoms with Gasteiger partial charge in [0, 0.05) is 6.54 Å². The number of hydrogen-bond donors (Lipinski definition) is 3. The Morgan fingerprint density at radius 1 is 1.53 bits per heavy atom. The number of amides is 1. The zero-order valence-electron chi connectivity index (χ0n) is 8.06. The minimum absolute atomic E-state index is 0.227. The molecule has 0 fully saturated rings. The van der Waals surface area contributed by atoms with Gasteiger partial charge in [-0.1, -0.05) is 12.1 Å². The van der Waals surface area contributed by atoms with Crippen LogP contribution in [0.15, 0.2) is 24.3 Å². The van der Waals surface area contributed by atoms with Crippen LogP contribution in [0.3, 0.4) is 0 Å². The third-order valence-corrected chi connectivity index (χ3v) is 2.19. The van der Waals surface area contributed by atoms with Gasteiger partial charge in [-0.15, -0.1) is 0 Å². The van der Waals surface area contributed by atoms with Crippen LogP contribution in [-0.4, -0.2) is 30.4 Å². The lowest BCUT2D eigenvalue weighted by molar-refractivity contribution is 0.183. The maximum Gasteiger partial charge on any atom is 0.405 e. The topological polar surface area (TPSA) is 70.6 Å². The van der Waals surface area contributed by atoms with Crippen molar-refractivity contribution in [1.29, 1.82) is 0 Å². The molecule has 3 N–H and O–H groups in total. The molecule has 1 amide bonds. The van der Waals surface area contributed by atoms with E-state index in [1.165, 1.54) is 0 Å². The quantitative estimate of drug-likeness (QED) is 0.647. The van der Waals surface area contributed by atoms with Crippen molar-refractivity contribution in [2.24, 2.45) is 0 Å². The van der Waals surface area contributed by atoms with Crippen molar-refractivity contribution in [1.82, 2.24) is 5.32 Å². The Morgan fingerprint density at radius 3 is 3.13 bits per heavy atom. The van der Waals surface area contributed by atoms with Crippen molar-refractivity contribution in [3.63, 3.8) is 0 Å². The molecule has 80 valence electrons. The zero-order chi connectivity index (χ0) is 10.7. The van der Waals surface area contributed by atoms with Crippen LogP contribution >= 0.6 is 0 Å². The summed E-state index contributed by atoms with van der Waals surface area (Å²) in [4.78, 5) is 10.5. The standard InChI is InChI=1S/C10H12N2O3/c13-10(14)12-7-5-11-8-3-1-2-4-9(8)15-6-7/h1-4,7,11-12H,5-6H2,(H,13,14). The average molecular weight is 208 g/mol. The van der Waals surface area contributed by atoms with E-state index in [4.69, 9.17) is 9.84 Å². The highest BCUT2D eigenvalue weighted by atomic mass is 16.5. The third kappa shape index (κ3) is 2.31. The first-order valence-corrected chi connectivity index (χ1v) is 4.71. The van der Waals surface area contributed by atoms with E-state index in [1.807, 2.05) is 24.3 Å². The predicted octanol–water partition coefficient (Wildman–Crippen LogP) is 1.13. The number of carbonyl (C=O) groups is 1. The zero-order valence-corrected chi connectivity index (χ0v) is 8.06. The van der Waals surface area contributed by atoms with E-state index in [-0.39, 0.29) is 6.04 Å². The highest BCUT2D eigenvalue weighted by Gasteiger charge is 2.17. The lowest BCUT2D eigenvalue weighted by atomic mass is 10.3. The molecular weight excluding hydrogens is 196 g/mol. The lowest BCUT2D eigenvalue weighted by Gasteiger charge is -2.13. The highest BCUT2D eigenvalue weighted by Crippen LogP contribution is 2.25. The van der Waals surface area contributed by atoms with Crippen molar-refractivity contribution in [3.8, 4) is 5.75 Å². The Kier molecular flexibility index (Phi) is 2.62. The van der Waals surface area contributed by atoms with E-state index in [0.29, 0.717) is 13.2 Å². The van der Waals surface area contributed by atoms with Gasteiger partial charge >= 0.3 is 6.09 Å². The van der Waals surface area contributed by atoms with Crippen molar-refractivity contribution in [3.05, 3.63) is 24.3 Å². The van der Waals surface area contributed by atoms with Crippen LogP contribution in [0.4, 0.5) is 10.5 Å². The van der Waals surface area contributed by atoms with Crippen LogP contribution in [0.25, 0.3) is 0 Å². The molecular formula is C10H12N2O3. The second-order valence-corrected chi connectivity index (χ2v) is 3.33. The Hall–Kier alpha value is -1.91. The molecule has 1 aromatic carbocycles. The minimum Gasteiger partial charge on any atom is -0.489 e. The second kappa shape index (κ2) is 4.08. The lowest BCUT2D eigenvalue weighted by Crippen LogP contribution is -2.41. The summed E-state index contributed by atoms with van der Waals surface area (Å²) in [5.74, 6) is 0.757. The molecule has 0 radical (unpaired) electrons. The second-order valence-electron chi connectivity index (χ2n) is 3.33. The number of fused-ring (bicyclic) bond motifs is 1. The van der Waals surface area contributed by atoms with Crippen molar-refractivity contribution < 1.29 is 14.6 Å². The minimum atomic E-state index is -1.03. The molecule has 1 aliphatic rings. The number of ether oxygens (including phenoxy) is 1. The third-order valence-electron chi connectivity index (χ3n) is 2.19. The monoisotopic (exact) mass is 208 g/mol. The SMILES string of the molecule is O=C(O)NC1CNc2ccccc2OC1. The molecule has 1 atom stereocenters. The number of benzene rings is 1. The molecule has 2 rings (SSSR count). The van der Waals surface area contributed by atoms with Crippen LogP contribution < -0.4 is 15.4 Å². The van der Waals surface area contributed by atoms with Crippen molar-refractivity contribution in [2.75, 3.05) is 18.5 Å². The van der Waals surface area contributed by atoms with Gasteiger partial charge in [0.05, 0.1) is 11.7 Å². The van der Waals surface area contributed by atoms with E-state index in [9.17, 15) is 4.79 Å². The molecule has 1 aromatic rings. The summed E-state index contributed by atoms with van der Waals surface area (Å²) in [6, 6.07) is 7.31. The first kappa shape index (κ1) is 9.64. The van der Waals surface area contributed by atoms with Crippen molar-refractivity contribution in [2.45, 2.75) is 6.04 Å². The van der Waals surface area contributed by atoms with E-state index >= 15 is 0 Å². The summed E-state index contributed by atoms with van der Waals surface area (Å²) in [5, 5.41) is 14.1. The Balaban J connectivity index is 2.05. The summed E-state index contributed by atoms with van der Waals surface area (Å²) >= 11 is 0. The van der Waals surface area contributed by atoms with E-state index < -0.39 is 6.09 Å². The summed E-state index contributed by atoms with van der Waals surface area (Å²) in [7, 11) is 0. The Bertz CT molecular complexity index is 340. The van der Waals surface area contributed by atoms with E-state index in [1.54, 1.807) is 0 Å². The molecule has 0 saturated heterocycles. The number of carboxylic acid groups (broad SMARTS) is 1. The molecule has 5 nitrogen and oxygen atoms in total. The van der Waals surface area contributed by atoms with Gasteiger partial charge in [-0.2, -0.15) is 0 Å². The summed E-state index contributed by atoms with van der Waals surface area (Å²) in [6.45, 7) is 0.875. The molecule has 15 heavy (non-hydrogen) atoms.